The molecule has 14 heavy (non-hydrogen) atoms. The molecule has 9 heteroatoms. The smallest absolute Gasteiger partial charge is 0.318 e. The van der Waals surface area contributed by atoms with E-state index < -0.39 is 22.4 Å². The summed E-state index contributed by atoms with van der Waals surface area (Å²) in [5.41, 5.74) is 5.29. The zero-order valence-corrected chi connectivity index (χ0v) is 9.01. The molecule has 0 aliphatic heterocycles. The molecular formula is C5H11NO6S2. The van der Waals surface area contributed by atoms with Crippen LogP contribution in [0.3, 0.4) is 0 Å². The summed E-state index contributed by atoms with van der Waals surface area (Å²) in [7, 11) is -4.78. The summed E-state index contributed by atoms with van der Waals surface area (Å²) in [4.78, 5) is 14.6. The molecule has 0 saturated heterocycles. The summed E-state index contributed by atoms with van der Waals surface area (Å²) in [5, 5.41) is 0. The molecule has 0 bridgehead atoms. The number of carbonyl (C=O) groups is 1. The molecule has 0 rings (SSSR count). The quantitative estimate of drug-likeness (QED) is 0.360. The lowest BCUT2D eigenvalue weighted by molar-refractivity contribution is -0.216. The molecule has 7 nitrogen and oxygen atoms in total. The van der Waals surface area contributed by atoms with Gasteiger partial charge >= 0.3 is 16.4 Å². The van der Waals surface area contributed by atoms with Gasteiger partial charge in [-0.1, -0.05) is 0 Å². The second kappa shape index (κ2) is 6.19. The molecule has 0 fully saturated rings. The van der Waals surface area contributed by atoms with Crippen LogP contribution in [-0.2, 0) is 24.4 Å². The van der Waals surface area contributed by atoms with Gasteiger partial charge in [-0.25, -0.2) is 4.79 Å². The highest BCUT2D eigenvalue weighted by Crippen LogP contribution is 2.01. The minimum absolute atomic E-state index is 0.328. The number of thioether (sulfide) groups is 1. The third-order valence-electron chi connectivity index (χ3n) is 1.14. The number of carbonyl (C=O) groups excluding carboxylic acids is 1. The molecule has 1 atom stereocenters. The number of nitrogens with two attached hydrogens (primary N) is 1. The van der Waals surface area contributed by atoms with E-state index in [1.807, 2.05) is 6.26 Å². The number of hydrogen-bond donors (Lipinski definition) is 2. The average molecular weight is 245 g/mol. The van der Waals surface area contributed by atoms with Crippen LogP contribution in [0.1, 0.15) is 6.42 Å². The Morgan fingerprint density at radius 1 is 1.64 bits per heavy atom. The fraction of sp³-hybridized carbons (Fsp3) is 0.800. The van der Waals surface area contributed by atoms with Gasteiger partial charge in [0.05, 0.1) is 0 Å². The molecule has 0 aliphatic rings. The van der Waals surface area contributed by atoms with Crippen LogP contribution in [0, 0.1) is 0 Å². The van der Waals surface area contributed by atoms with Gasteiger partial charge in [-0.2, -0.15) is 20.2 Å². The van der Waals surface area contributed by atoms with E-state index in [9.17, 15) is 13.2 Å². The van der Waals surface area contributed by atoms with Crippen LogP contribution in [0.2, 0.25) is 0 Å². The van der Waals surface area contributed by atoms with Crippen LogP contribution in [0.5, 0.6) is 0 Å². The molecule has 84 valence electrons. The van der Waals surface area contributed by atoms with Crippen molar-refractivity contribution in [3.05, 3.63) is 0 Å². The Hall–Kier alpha value is -0.350. The predicted molar refractivity (Wildman–Crippen MR) is 49.7 cm³/mol. The maximum atomic E-state index is 10.8. The summed E-state index contributed by atoms with van der Waals surface area (Å²) >= 11 is 1.47. The van der Waals surface area contributed by atoms with Crippen molar-refractivity contribution in [3.8, 4) is 0 Å². The van der Waals surface area contributed by atoms with Crippen molar-refractivity contribution in [2.75, 3.05) is 12.0 Å². The Labute approximate surface area is 85.8 Å². The summed E-state index contributed by atoms with van der Waals surface area (Å²) in [6.07, 6.45) is 2.15. The van der Waals surface area contributed by atoms with Gasteiger partial charge in [-0.3, -0.25) is 9.44 Å². The fourth-order valence-corrected chi connectivity index (χ4v) is 1.14. The average Bonchev–Trinajstić information content (AvgIpc) is 2.09. The van der Waals surface area contributed by atoms with Gasteiger partial charge in [-0.15, -0.1) is 0 Å². The SMILES string of the molecule is CSCC[C@H](N)C(=O)OOS(=O)(=O)O. The molecule has 0 aromatic heterocycles. The zero-order valence-electron chi connectivity index (χ0n) is 7.37. The summed E-state index contributed by atoms with van der Waals surface area (Å²) in [6, 6.07) is -0.968. The van der Waals surface area contributed by atoms with Crippen LogP contribution in [0.4, 0.5) is 0 Å². The van der Waals surface area contributed by atoms with Crippen molar-refractivity contribution >= 4 is 28.1 Å². The van der Waals surface area contributed by atoms with Gasteiger partial charge in [-0.05, 0) is 22.8 Å². The molecule has 0 heterocycles. The second-order valence-electron chi connectivity index (χ2n) is 2.29. The maximum Gasteiger partial charge on any atom is 0.432 e. The molecule has 0 saturated carbocycles. The van der Waals surface area contributed by atoms with E-state index in [-0.39, 0.29) is 0 Å². The van der Waals surface area contributed by atoms with E-state index in [2.05, 4.69) is 9.22 Å². The lowest BCUT2D eigenvalue weighted by Gasteiger charge is -2.07. The van der Waals surface area contributed by atoms with Crippen LogP contribution < -0.4 is 5.73 Å². The van der Waals surface area contributed by atoms with Crippen molar-refractivity contribution in [1.82, 2.24) is 0 Å². The van der Waals surface area contributed by atoms with E-state index in [1.54, 1.807) is 0 Å². The van der Waals surface area contributed by atoms with Gasteiger partial charge in [0.2, 0.25) is 0 Å². The van der Waals surface area contributed by atoms with E-state index in [0.29, 0.717) is 12.2 Å². The Morgan fingerprint density at radius 2 is 2.21 bits per heavy atom. The van der Waals surface area contributed by atoms with Crippen molar-refractivity contribution in [2.45, 2.75) is 12.5 Å². The largest absolute Gasteiger partial charge is 0.432 e. The van der Waals surface area contributed by atoms with E-state index in [4.69, 9.17) is 10.3 Å². The first-order chi connectivity index (χ1) is 6.37. The monoisotopic (exact) mass is 245 g/mol. The predicted octanol–water partition coefficient (Wildman–Crippen LogP) is -0.656. The first-order valence-electron chi connectivity index (χ1n) is 3.48. The van der Waals surface area contributed by atoms with Crippen molar-refractivity contribution in [1.29, 1.82) is 0 Å². The molecule has 0 aliphatic carbocycles. The van der Waals surface area contributed by atoms with Gasteiger partial charge in [0.25, 0.3) is 0 Å². The van der Waals surface area contributed by atoms with Gasteiger partial charge < -0.3 is 5.73 Å². The third kappa shape index (κ3) is 7.09. The first kappa shape index (κ1) is 13.7. The lowest BCUT2D eigenvalue weighted by atomic mass is 10.2. The molecule has 3 N–H and O–H groups in total. The molecule has 0 aromatic rings. The molecular weight excluding hydrogens is 234 g/mol. The summed E-state index contributed by atoms with van der Waals surface area (Å²) < 4.78 is 31.4. The van der Waals surface area contributed by atoms with Crippen LogP contribution in [-0.4, -0.2) is 37.0 Å². The first-order valence-corrected chi connectivity index (χ1v) is 6.24. The Morgan fingerprint density at radius 3 is 2.64 bits per heavy atom. The highest BCUT2D eigenvalue weighted by molar-refractivity contribution is 7.98. The molecule has 0 radical (unpaired) electrons. The molecule has 0 spiro atoms. The van der Waals surface area contributed by atoms with E-state index in [1.165, 1.54) is 11.8 Å². The highest BCUT2D eigenvalue weighted by Gasteiger charge is 2.18. The minimum Gasteiger partial charge on any atom is -0.318 e. The van der Waals surface area contributed by atoms with Crippen molar-refractivity contribution in [2.24, 2.45) is 5.73 Å². The molecule has 0 aromatic carbocycles. The normalized spacial score (nSPS) is 13.6. The second-order valence-corrected chi connectivity index (χ2v) is 4.26. The standard InChI is InChI=1S/C5H11NO6S2/c1-13-3-2-4(6)5(7)11-12-14(8,9)10/h4H,2-3,6H2,1H3,(H,8,9,10)/t4-/m0/s1. The third-order valence-corrected chi connectivity index (χ3v) is 2.02. The maximum absolute atomic E-state index is 10.8. The fourth-order valence-electron chi connectivity index (χ4n) is 0.501. The van der Waals surface area contributed by atoms with Gasteiger partial charge in [0.15, 0.2) is 0 Å². The molecule has 0 amide bonds. The Kier molecular flexibility index (Phi) is 6.04. The van der Waals surface area contributed by atoms with Gasteiger partial charge in [0.1, 0.15) is 6.04 Å². The topological polar surface area (TPSA) is 116 Å². The minimum atomic E-state index is -4.78. The summed E-state index contributed by atoms with van der Waals surface area (Å²) in [6.45, 7) is 0. The van der Waals surface area contributed by atoms with Crippen LogP contribution in [0.25, 0.3) is 0 Å². The highest BCUT2D eigenvalue weighted by atomic mass is 32.3. The van der Waals surface area contributed by atoms with Crippen molar-refractivity contribution < 1.29 is 27.0 Å². The van der Waals surface area contributed by atoms with Gasteiger partial charge in [0, 0.05) is 0 Å². The van der Waals surface area contributed by atoms with Crippen LogP contribution >= 0.6 is 11.8 Å². The van der Waals surface area contributed by atoms with Crippen LogP contribution in [0.15, 0.2) is 0 Å². The lowest BCUT2D eigenvalue weighted by Crippen LogP contribution is -2.33. The molecule has 0 unspecified atom stereocenters. The van der Waals surface area contributed by atoms with E-state index in [0.717, 1.165) is 0 Å². The number of hydrogen-bond acceptors (Lipinski definition) is 7. The van der Waals surface area contributed by atoms with E-state index >= 15 is 0 Å². The zero-order chi connectivity index (χ0) is 11.2. The number of rotatable bonds is 6. The van der Waals surface area contributed by atoms with Crippen molar-refractivity contribution in [3.63, 3.8) is 0 Å². The Balaban J connectivity index is 3.84. The Bertz CT molecular complexity index is 276. The summed E-state index contributed by atoms with van der Waals surface area (Å²) in [5.74, 6) is -0.418.